The third-order valence-corrected chi connectivity index (χ3v) is 4.32. The van der Waals surface area contributed by atoms with Crippen molar-refractivity contribution in [3.05, 3.63) is 49.9 Å². The molecule has 1 aromatic heterocycles. The van der Waals surface area contributed by atoms with Gasteiger partial charge in [0.15, 0.2) is 0 Å². The number of benzene rings is 1. The molecule has 0 radical (unpaired) electrons. The topological polar surface area (TPSA) is 52.3 Å². The maximum Gasteiger partial charge on any atom is 0.348 e. The standard InChI is InChI=1S/C13H11BrFNO2S/c1-7-11(16)5-12(19-7)13(17)18-6-8-2-3-9(15)4-10(8)14/h2-5H,6,16H2,1H3. The van der Waals surface area contributed by atoms with E-state index in [0.717, 1.165) is 4.88 Å². The van der Waals surface area contributed by atoms with Crippen LogP contribution in [0.1, 0.15) is 20.1 Å². The molecule has 2 N–H and O–H groups in total. The van der Waals surface area contributed by atoms with E-state index in [1.54, 1.807) is 12.1 Å². The van der Waals surface area contributed by atoms with Crippen molar-refractivity contribution in [3.63, 3.8) is 0 Å². The second-order valence-electron chi connectivity index (χ2n) is 3.93. The molecule has 6 heteroatoms. The summed E-state index contributed by atoms with van der Waals surface area (Å²) in [5.74, 6) is -0.773. The van der Waals surface area contributed by atoms with Gasteiger partial charge in [-0.2, -0.15) is 0 Å². The minimum atomic E-state index is -0.430. The van der Waals surface area contributed by atoms with E-state index in [9.17, 15) is 9.18 Å². The number of aryl methyl sites for hydroxylation is 1. The molecule has 0 unspecified atom stereocenters. The van der Waals surface area contributed by atoms with E-state index in [1.807, 2.05) is 6.92 Å². The molecule has 0 aliphatic heterocycles. The maximum absolute atomic E-state index is 12.9. The molecule has 0 aliphatic rings. The normalized spacial score (nSPS) is 10.5. The lowest BCUT2D eigenvalue weighted by Crippen LogP contribution is -2.03. The second kappa shape index (κ2) is 5.71. The minimum absolute atomic E-state index is 0.0799. The van der Waals surface area contributed by atoms with Gasteiger partial charge in [-0.1, -0.05) is 22.0 Å². The Balaban J connectivity index is 2.04. The molecule has 0 saturated carbocycles. The lowest BCUT2D eigenvalue weighted by molar-refractivity contribution is 0.0478. The Morgan fingerprint density at radius 2 is 2.21 bits per heavy atom. The summed E-state index contributed by atoms with van der Waals surface area (Å²) in [6.45, 7) is 1.92. The molecule has 2 aromatic rings. The van der Waals surface area contributed by atoms with Gasteiger partial charge in [0, 0.05) is 20.6 Å². The van der Waals surface area contributed by atoms with Gasteiger partial charge in [-0.3, -0.25) is 0 Å². The van der Waals surface area contributed by atoms with Crippen molar-refractivity contribution in [2.75, 3.05) is 5.73 Å². The van der Waals surface area contributed by atoms with Gasteiger partial charge in [0.2, 0.25) is 0 Å². The number of carbonyl (C=O) groups excluding carboxylic acids is 1. The van der Waals surface area contributed by atoms with Crippen LogP contribution in [0.4, 0.5) is 10.1 Å². The molecule has 0 atom stereocenters. The van der Waals surface area contributed by atoms with Crippen LogP contribution in [0.15, 0.2) is 28.7 Å². The molecule has 0 spiro atoms. The Hall–Kier alpha value is -1.40. The first kappa shape index (κ1) is 14.0. The van der Waals surface area contributed by atoms with E-state index in [-0.39, 0.29) is 12.4 Å². The minimum Gasteiger partial charge on any atom is -0.457 e. The molecule has 100 valence electrons. The average molecular weight is 344 g/mol. The number of esters is 1. The first-order chi connectivity index (χ1) is 8.97. The Kier molecular flexibility index (Phi) is 4.21. The summed E-state index contributed by atoms with van der Waals surface area (Å²) in [5, 5.41) is 0. The SMILES string of the molecule is Cc1sc(C(=O)OCc2ccc(F)cc2Br)cc1N. The van der Waals surface area contributed by atoms with Crippen LogP contribution in [-0.4, -0.2) is 5.97 Å². The second-order valence-corrected chi connectivity index (χ2v) is 6.04. The lowest BCUT2D eigenvalue weighted by Gasteiger charge is -2.05. The van der Waals surface area contributed by atoms with E-state index >= 15 is 0 Å². The highest BCUT2D eigenvalue weighted by Crippen LogP contribution is 2.25. The van der Waals surface area contributed by atoms with Gasteiger partial charge in [-0.15, -0.1) is 11.3 Å². The first-order valence-electron chi connectivity index (χ1n) is 5.44. The van der Waals surface area contributed by atoms with Crippen molar-refractivity contribution in [2.45, 2.75) is 13.5 Å². The molecule has 0 fully saturated rings. The first-order valence-corrected chi connectivity index (χ1v) is 7.05. The number of nitrogens with two attached hydrogens (primary N) is 1. The largest absolute Gasteiger partial charge is 0.457 e. The van der Waals surface area contributed by atoms with Crippen molar-refractivity contribution in [1.29, 1.82) is 0 Å². The molecular weight excluding hydrogens is 333 g/mol. The van der Waals surface area contributed by atoms with Crippen LogP contribution < -0.4 is 5.73 Å². The number of rotatable bonds is 3. The monoisotopic (exact) mass is 343 g/mol. The molecule has 3 nitrogen and oxygen atoms in total. The number of anilines is 1. The number of nitrogen functional groups attached to an aromatic ring is 1. The third-order valence-electron chi connectivity index (χ3n) is 2.53. The zero-order chi connectivity index (χ0) is 14.0. The van der Waals surface area contributed by atoms with E-state index < -0.39 is 5.97 Å². The quantitative estimate of drug-likeness (QED) is 0.860. The Bertz CT molecular complexity index is 608. The molecule has 2 rings (SSSR count). The molecule has 0 bridgehead atoms. The number of thiophene rings is 1. The van der Waals surface area contributed by atoms with Gasteiger partial charge in [-0.05, 0) is 25.1 Å². The number of carbonyl (C=O) groups is 1. The highest BCUT2D eigenvalue weighted by Gasteiger charge is 2.13. The van der Waals surface area contributed by atoms with Gasteiger partial charge in [0.25, 0.3) is 0 Å². The Morgan fingerprint density at radius 3 is 2.79 bits per heavy atom. The number of halogens is 2. The van der Waals surface area contributed by atoms with Crippen molar-refractivity contribution in [2.24, 2.45) is 0 Å². The van der Waals surface area contributed by atoms with Crippen LogP contribution in [0.3, 0.4) is 0 Å². The van der Waals surface area contributed by atoms with Crippen molar-refractivity contribution < 1.29 is 13.9 Å². The Morgan fingerprint density at radius 1 is 1.47 bits per heavy atom. The molecule has 1 heterocycles. The summed E-state index contributed by atoms with van der Waals surface area (Å²) in [5.41, 5.74) is 6.97. The zero-order valence-electron chi connectivity index (χ0n) is 10.1. The van der Waals surface area contributed by atoms with Gasteiger partial charge in [0.1, 0.15) is 17.3 Å². The van der Waals surface area contributed by atoms with Crippen molar-refractivity contribution in [3.8, 4) is 0 Å². The molecule has 1 aromatic carbocycles. The molecule has 0 amide bonds. The van der Waals surface area contributed by atoms with Crippen molar-refractivity contribution >= 4 is 38.9 Å². The zero-order valence-corrected chi connectivity index (χ0v) is 12.5. The fraction of sp³-hybridized carbons (Fsp3) is 0.154. The van der Waals surface area contributed by atoms with E-state index in [2.05, 4.69) is 15.9 Å². The fourth-order valence-electron chi connectivity index (χ4n) is 1.45. The van der Waals surface area contributed by atoms with E-state index in [4.69, 9.17) is 10.5 Å². The average Bonchev–Trinajstić information content (AvgIpc) is 2.68. The summed E-state index contributed by atoms with van der Waals surface area (Å²) in [4.78, 5) is 13.2. The Labute approximate surface area is 122 Å². The van der Waals surface area contributed by atoms with E-state index in [1.165, 1.54) is 23.5 Å². The summed E-state index contributed by atoms with van der Waals surface area (Å²) in [6.07, 6.45) is 0. The number of hydrogen-bond donors (Lipinski definition) is 1. The highest BCUT2D eigenvalue weighted by atomic mass is 79.9. The summed E-state index contributed by atoms with van der Waals surface area (Å²) >= 11 is 4.51. The van der Waals surface area contributed by atoms with Gasteiger partial charge >= 0.3 is 5.97 Å². The van der Waals surface area contributed by atoms with Crippen molar-refractivity contribution in [1.82, 2.24) is 0 Å². The van der Waals surface area contributed by atoms with E-state index in [0.29, 0.717) is 20.6 Å². The number of hydrogen-bond acceptors (Lipinski definition) is 4. The third kappa shape index (κ3) is 3.33. The van der Waals surface area contributed by atoms with Crippen LogP contribution in [0, 0.1) is 12.7 Å². The van der Waals surface area contributed by atoms with Gasteiger partial charge < -0.3 is 10.5 Å². The lowest BCUT2D eigenvalue weighted by atomic mass is 10.2. The smallest absolute Gasteiger partial charge is 0.348 e. The summed E-state index contributed by atoms with van der Waals surface area (Å²) < 4.78 is 18.6. The maximum atomic E-state index is 12.9. The molecule has 0 aliphatic carbocycles. The van der Waals surface area contributed by atoms with Gasteiger partial charge in [0.05, 0.1) is 0 Å². The number of ether oxygens (including phenoxy) is 1. The predicted octanol–water partition coefficient (Wildman–Crippen LogP) is 3.90. The predicted molar refractivity (Wildman–Crippen MR) is 76.7 cm³/mol. The van der Waals surface area contributed by atoms with Crippen LogP contribution in [0.5, 0.6) is 0 Å². The van der Waals surface area contributed by atoms with Crippen LogP contribution in [-0.2, 0) is 11.3 Å². The highest BCUT2D eigenvalue weighted by molar-refractivity contribution is 9.10. The van der Waals surface area contributed by atoms with Crippen LogP contribution in [0.25, 0.3) is 0 Å². The molecular formula is C13H11BrFNO2S. The van der Waals surface area contributed by atoms with Crippen LogP contribution in [0.2, 0.25) is 0 Å². The summed E-state index contributed by atoms with van der Waals surface area (Å²) in [7, 11) is 0. The summed E-state index contributed by atoms with van der Waals surface area (Å²) in [6, 6.07) is 5.82. The fourth-order valence-corrected chi connectivity index (χ4v) is 2.75. The molecule has 19 heavy (non-hydrogen) atoms. The van der Waals surface area contributed by atoms with Gasteiger partial charge in [-0.25, -0.2) is 9.18 Å². The molecule has 0 saturated heterocycles. The van der Waals surface area contributed by atoms with Crippen LogP contribution >= 0.6 is 27.3 Å².